The van der Waals surface area contributed by atoms with Gasteiger partial charge in [0.2, 0.25) is 0 Å². The quantitative estimate of drug-likeness (QED) is 0.110. The van der Waals surface area contributed by atoms with Crippen molar-refractivity contribution in [2.75, 3.05) is 20.0 Å². The number of para-hydroxylation sites is 6. The monoisotopic (exact) mass is 3170 g/mol. The van der Waals surface area contributed by atoms with Gasteiger partial charge in [0, 0.05) is 67.0 Å². The van der Waals surface area contributed by atoms with Gasteiger partial charge in [0.1, 0.15) is 0 Å². The fraction of sp³-hybridized carbons (Fsp3) is 0.314. The molecule has 4 atom stereocenters. The molecule has 4 aliphatic rings. The maximum atomic E-state index is 6.38. The fourth-order valence-corrected chi connectivity index (χ4v) is 2320. The van der Waals surface area contributed by atoms with Crippen LogP contribution in [0, 0.1) is 41.5 Å². The first-order chi connectivity index (χ1) is 43.8. The summed E-state index contributed by atoms with van der Waals surface area (Å²) in [7, 11) is -2.48. The maximum absolute atomic E-state index is 6.38. The molecule has 2 aliphatic carbocycles. The van der Waals surface area contributed by atoms with Gasteiger partial charge in [-0.3, -0.25) is 0 Å². The molecule has 8 aromatic rings. The molecule has 0 bridgehead atoms. The van der Waals surface area contributed by atoms with Gasteiger partial charge in [-0.15, -0.1) is 0 Å². The Kier molecular flexibility index (Phi) is 33.3. The Morgan fingerprint density at radius 3 is 1.25 bits per heavy atom. The van der Waals surface area contributed by atoms with Crippen molar-refractivity contribution in [3.63, 3.8) is 0 Å². The Bertz CT molecular complexity index is 3720. The minimum atomic E-state index is -0.415. The van der Waals surface area contributed by atoms with Crippen LogP contribution in [0.5, 0.6) is 0 Å². The molecule has 504 valence electrons. The van der Waals surface area contributed by atoms with Crippen LogP contribution >= 0.6 is 234 Å². The van der Waals surface area contributed by atoms with E-state index >= 15 is 0 Å². The van der Waals surface area contributed by atoms with Gasteiger partial charge >= 0.3 is 236 Å². The van der Waals surface area contributed by atoms with Gasteiger partial charge in [0.15, 0.2) is 0 Å². The minimum absolute atomic E-state index is 0.0517. The van der Waals surface area contributed by atoms with E-state index < -0.39 is 7.89 Å². The summed E-state index contributed by atoms with van der Waals surface area (Å²) in [4.78, 5) is 7.71. The third kappa shape index (κ3) is 18.8. The van der Waals surface area contributed by atoms with Crippen LogP contribution in [0.15, 0.2) is 182 Å². The van der Waals surface area contributed by atoms with E-state index in [9.17, 15) is 0 Å². The molecule has 2 saturated carbocycles. The summed E-state index contributed by atoms with van der Waals surface area (Å²) in [6.45, 7) is 22.9. The van der Waals surface area contributed by atoms with Gasteiger partial charge in [0.05, 0.1) is 11.1 Å². The molecule has 8 aromatic carbocycles. The van der Waals surface area contributed by atoms with E-state index in [1.807, 2.05) is 18.2 Å². The summed E-state index contributed by atoms with van der Waals surface area (Å²) in [5.41, 5.74) is 22.4. The number of nitrogens with zero attached hydrogens (tertiary/aromatic N) is 3. The summed E-state index contributed by atoms with van der Waals surface area (Å²) in [5, 5.41) is 4.26. The van der Waals surface area contributed by atoms with E-state index in [0.717, 1.165) is 5.02 Å². The van der Waals surface area contributed by atoms with Crippen LogP contribution in [-0.2, 0) is 10.8 Å². The topological polar surface area (TPSA) is 21.8 Å². The number of aryl methyl sites for hydroxylation is 6. The first-order valence-corrected chi connectivity index (χ1v) is 131. The number of halogens is 18. The van der Waals surface area contributed by atoms with Crippen LogP contribution < -0.4 is 33.3 Å². The molecular weight excluding hydrogens is 3090 g/mol. The first kappa shape index (κ1) is 81.7. The number of hydrogen-bond donors (Lipinski definition) is 1. The average Bonchev–Trinajstić information content (AvgIpc) is 1.55. The number of benzene rings is 8. The molecule has 4 unspecified atom stereocenters. The summed E-state index contributed by atoms with van der Waals surface area (Å²) >= 11 is 34.0. The van der Waals surface area contributed by atoms with E-state index in [1.165, 1.54) is 147 Å². The molecule has 0 amide bonds. The molecule has 2 heterocycles. The van der Waals surface area contributed by atoms with Gasteiger partial charge in [-0.2, -0.15) is 0 Å². The Morgan fingerprint density at radius 1 is 0.435 bits per heavy atom. The van der Waals surface area contributed by atoms with E-state index in [1.54, 1.807) is 0 Å². The van der Waals surface area contributed by atoms with E-state index in [2.05, 4.69) is 421 Å². The molecule has 4 nitrogen and oxygen atoms in total. The Hall–Kier alpha value is 5.66. The van der Waals surface area contributed by atoms with Crippen molar-refractivity contribution in [1.82, 2.24) is 0 Å². The van der Waals surface area contributed by atoms with Gasteiger partial charge in [-0.1, -0.05) is 160 Å². The second-order valence-electron chi connectivity index (χ2n) is 24.2. The second-order valence-corrected chi connectivity index (χ2v) is 382. The van der Waals surface area contributed by atoms with Crippen molar-refractivity contribution < 1.29 is 13.3 Å². The molecule has 12 rings (SSSR count). The molecule has 2 fully saturated rings. The van der Waals surface area contributed by atoms with E-state index in [4.69, 9.17) is 11.6 Å². The predicted molar refractivity (Wildman–Crippen MR) is 547 cm³/mol. The number of fused-ring (bicyclic) bond motifs is 6. The summed E-state index contributed by atoms with van der Waals surface area (Å²) < 4.78 is 0. The molecule has 0 saturated heterocycles. The molecule has 2 aliphatic heterocycles. The number of nitrogens with one attached hydrogen (secondary N) is 1. The molecular formula is C70H77ClI17N4-. The van der Waals surface area contributed by atoms with Crippen LogP contribution in [0.1, 0.15) is 124 Å². The van der Waals surface area contributed by atoms with Crippen molar-refractivity contribution in [2.24, 2.45) is 0 Å². The average molecular weight is 3170 g/mol. The first-order valence-electron chi connectivity index (χ1n) is 29.8. The van der Waals surface area contributed by atoms with Crippen molar-refractivity contribution in [2.45, 2.75) is 143 Å². The normalized spacial score (nSPS) is 21.2. The standard InChI is InChI=1S/C35H38N2.C21H24ClN.C14H15N.I17/c1-25-22-28(36(31-17-9-6-14-26(31)2)32-18-10-7-15-27(32)3)24-29(23-25)37-33-19-11-8-16-30(33)34(4)20-12-13-21-35(34,37)5;1-15-12-16(22)14-17(13-15)23-19-9-5-4-8-18(19)20(2)10-6-7-11-21(20,23)3;1-11-7-3-5-9-13(11)15-14-10-6-4-8-12(14)2;1-10-12(4)14(6)16(8)17(9)15(7)13(5)11(2)3/h6-11,14-19,22-24H,12-13,20-21H2,1-5H3;4-5,8-9,12-14H,6-7,10-11H2,1-3H3;3-10,15H,1-2H3;/q;;;-1. The van der Waals surface area contributed by atoms with Crippen LogP contribution in [0.3, 0.4) is 0 Å². The summed E-state index contributed by atoms with van der Waals surface area (Å²) in [6.07, 6.45) is 10.2. The predicted octanol–water partition coefficient (Wildman–Crippen LogP) is 31.4. The van der Waals surface area contributed by atoms with Gasteiger partial charge < -0.3 is 20.0 Å². The SMILES string of the molecule is Cc1cc(Cl)cc(N2c3ccccc3C3(C)CCCCC23C)c1.Cc1cc(N(c2ccccc2C)c2ccccc2C)cc(N2c3ccccc3C3(C)CCCCC23C)c1.Cc1ccccc1Nc1ccccc1C.I[I-]I(I)I(I)I(I)I(I)I(I)I(I)I(I)I. The molecule has 0 aromatic heterocycles. The summed E-state index contributed by atoms with van der Waals surface area (Å²) in [6, 6.07) is 65.8. The number of hydrogen-bond acceptors (Lipinski definition) is 4. The van der Waals surface area contributed by atoms with E-state index in [-0.39, 0.29) is 69.3 Å². The Morgan fingerprint density at radius 2 is 0.815 bits per heavy atom. The summed E-state index contributed by atoms with van der Waals surface area (Å²) in [5.74, 6) is 0. The molecule has 0 spiro atoms. The Labute approximate surface area is 676 Å². The third-order valence-corrected chi connectivity index (χ3v) is 1090. The van der Waals surface area contributed by atoms with Crippen molar-refractivity contribution >= 4 is 286 Å². The van der Waals surface area contributed by atoms with Crippen molar-refractivity contribution in [3.05, 3.63) is 232 Å². The van der Waals surface area contributed by atoms with Gasteiger partial charge in [-0.05, 0) is 198 Å². The van der Waals surface area contributed by atoms with Crippen molar-refractivity contribution in [3.8, 4) is 0 Å². The number of rotatable bonds is 14. The number of anilines is 9. The molecule has 92 heavy (non-hydrogen) atoms. The molecule has 22 heteroatoms. The Balaban J connectivity index is 0.000000156. The fourth-order valence-electron chi connectivity index (χ4n) is 13.8. The zero-order valence-corrected chi connectivity index (χ0v) is 90.1. The van der Waals surface area contributed by atoms with Crippen molar-refractivity contribution in [1.29, 1.82) is 0 Å². The van der Waals surface area contributed by atoms with E-state index in [0.29, 0.717) is 13.3 Å². The molecule has 1 N–H and O–H groups in total. The van der Waals surface area contributed by atoms with Crippen LogP contribution in [0.4, 0.5) is 51.2 Å². The van der Waals surface area contributed by atoms with Crippen LogP contribution in [-0.4, -0.2) is 11.1 Å². The van der Waals surface area contributed by atoms with Crippen LogP contribution in [0.2, 0.25) is 5.02 Å². The third-order valence-electron chi connectivity index (χ3n) is 18.7. The zero-order chi connectivity index (χ0) is 66.5. The van der Waals surface area contributed by atoms with Gasteiger partial charge in [-0.25, -0.2) is 0 Å². The van der Waals surface area contributed by atoms with Crippen LogP contribution in [0.25, 0.3) is 0 Å². The van der Waals surface area contributed by atoms with Gasteiger partial charge in [0.25, 0.3) is 0 Å². The molecule has 0 radical (unpaired) electrons. The second kappa shape index (κ2) is 37.5. The zero-order valence-electron chi connectivity index (χ0n) is 52.6.